The minimum absolute atomic E-state index is 0.0759. The Morgan fingerprint density at radius 3 is 2.77 bits per heavy atom. The quantitative estimate of drug-likeness (QED) is 0.673. The first-order chi connectivity index (χ1) is 12.5. The minimum Gasteiger partial charge on any atom is -0.383 e. The number of nitrogens with zero attached hydrogens (tertiary/aromatic N) is 4. The molecule has 0 unspecified atom stereocenters. The first-order valence-electron chi connectivity index (χ1n) is 7.41. The predicted molar refractivity (Wildman–Crippen MR) is 96.0 cm³/mol. The Bertz CT molecular complexity index is 1090. The smallest absolute Gasteiger partial charge is 0.221 e. The second-order valence-electron chi connectivity index (χ2n) is 5.31. The normalized spacial score (nSPS) is 10.3. The molecule has 0 fully saturated rings. The third kappa shape index (κ3) is 3.43. The first kappa shape index (κ1) is 17.3. The van der Waals surface area contributed by atoms with Gasteiger partial charge in [0, 0.05) is 23.8 Å². The van der Waals surface area contributed by atoms with E-state index >= 15 is 0 Å². The highest BCUT2D eigenvalue weighted by atomic mass is 32.2. The standard InChI is InChI=1S/C17H12N6O2S/c1-9(24)21-12-2-3-15-13(5-12)14(23-25-15)8-26-17-11(7-19)4-10(6-18)16(20)22-17/h2-5H,8H2,1H3,(H2,20,22)(H,21,24). The molecule has 0 radical (unpaired) electrons. The molecule has 0 aliphatic rings. The molecule has 0 bridgehead atoms. The number of nitrogens with one attached hydrogen (secondary N) is 1. The summed E-state index contributed by atoms with van der Waals surface area (Å²) < 4.78 is 5.29. The summed E-state index contributed by atoms with van der Waals surface area (Å²) in [5, 5.41) is 26.1. The SMILES string of the molecule is CC(=O)Nc1ccc2onc(CSc3nc(N)c(C#N)cc3C#N)c2c1. The van der Waals surface area contributed by atoms with Crippen LogP contribution in [0.25, 0.3) is 11.0 Å². The van der Waals surface area contributed by atoms with Crippen LogP contribution in [-0.2, 0) is 10.5 Å². The van der Waals surface area contributed by atoms with Gasteiger partial charge in [-0.25, -0.2) is 4.98 Å². The van der Waals surface area contributed by atoms with Crippen LogP contribution in [0.2, 0.25) is 0 Å². The number of rotatable bonds is 4. The summed E-state index contributed by atoms with van der Waals surface area (Å²) >= 11 is 1.26. The summed E-state index contributed by atoms with van der Waals surface area (Å²) in [6.45, 7) is 1.43. The second-order valence-corrected chi connectivity index (χ2v) is 6.27. The average molecular weight is 364 g/mol. The van der Waals surface area contributed by atoms with Crippen LogP contribution in [0.4, 0.5) is 11.5 Å². The highest BCUT2D eigenvalue weighted by Crippen LogP contribution is 2.30. The molecule has 3 rings (SSSR count). The van der Waals surface area contributed by atoms with Crippen molar-refractivity contribution in [1.29, 1.82) is 10.5 Å². The van der Waals surface area contributed by atoms with Crippen molar-refractivity contribution in [1.82, 2.24) is 10.1 Å². The molecule has 2 heterocycles. The van der Waals surface area contributed by atoms with Crippen molar-refractivity contribution in [2.45, 2.75) is 17.7 Å². The average Bonchev–Trinajstić information content (AvgIpc) is 3.01. The maximum Gasteiger partial charge on any atom is 0.221 e. The molecule has 0 aliphatic carbocycles. The first-order valence-corrected chi connectivity index (χ1v) is 8.39. The zero-order chi connectivity index (χ0) is 18.7. The van der Waals surface area contributed by atoms with Crippen molar-refractivity contribution >= 4 is 40.1 Å². The van der Waals surface area contributed by atoms with Gasteiger partial charge in [0.25, 0.3) is 0 Å². The van der Waals surface area contributed by atoms with Crippen molar-refractivity contribution in [3.8, 4) is 12.1 Å². The molecule has 128 valence electrons. The lowest BCUT2D eigenvalue weighted by Crippen LogP contribution is -2.05. The van der Waals surface area contributed by atoms with Crippen LogP contribution < -0.4 is 11.1 Å². The number of hydrogen-bond acceptors (Lipinski definition) is 8. The van der Waals surface area contributed by atoms with Gasteiger partial charge < -0.3 is 15.6 Å². The highest BCUT2D eigenvalue weighted by Gasteiger charge is 2.14. The van der Waals surface area contributed by atoms with Crippen LogP contribution >= 0.6 is 11.8 Å². The fraction of sp³-hybridized carbons (Fsp3) is 0.118. The molecule has 2 aromatic heterocycles. The number of pyridine rings is 1. The molecule has 3 N–H and O–H groups in total. The number of nitrogens with two attached hydrogens (primary N) is 1. The Morgan fingerprint density at radius 2 is 2.08 bits per heavy atom. The molecule has 26 heavy (non-hydrogen) atoms. The number of hydrogen-bond donors (Lipinski definition) is 2. The number of anilines is 2. The van der Waals surface area contributed by atoms with E-state index < -0.39 is 0 Å². The van der Waals surface area contributed by atoms with Crippen molar-refractivity contribution in [3.05, 3.63) is 41.1 Å². The maximum absolute atomic E-state index is 11.2. The zero-order valence-corrected chi connectivity index (χ0v) is 14.4. The van der Waals surface area contributed by atoms with Gasteiger partial charge in [-0.05, 0) is 24.3 Å². The molecule has 0 saturated heterocycles. The number of thioether (sulfide) groups is 1. The number of nitriles is 2. The summed E-state index contributed by atoms with van der Waals surface area (Å²) in [7, 11) is 0. The van der Waals surface area contributed by atoms with Gasteiger partial charge in [0.15, 0.2) is 5.58 Å². The van der Waals surface area contributed by atoms with Gasteiger partial charge in [0.1, 0.15) is 28.7 Å². The van der Waals surface area contributed by atoms with Gasteiger partial charge in [-0.15, -0.1) is 0 Å². The van der Waals surface area contributed by atoms with E-state index in [0.29, 0.717) is 27.7 Å². The summed E-state index contributed by atoms with van der Waals surface area (Å²) in [6, 6.07) is 10.6. The molecular weight excluding hydrogens is 352 g/mol. The number of aromatic nitrogens is 2. The van der Waals surface area contributed by atoms with E-state index in [4.69, 9.17) is 15.5 Å². The molecule has 0 aliphatic heterocycles. The molecule has 9 heteroatoms. The van der Waals surface area contributed by atoms with Gasteiger partial charge in [-0.1, -0.05) is 16.9 Å². The molecule has 0 spiro atoms. The Labute approximate surface area is 152 Å². The van der Waals surface area contributed by atoms with E-state index in [-0.39, 0.29) is 22.9 Å². The van der Waals surface area contributed by atoms with Crippen molar-refractivity contribution in [3.63, 3.8) is 0 Å². The van der Waals surface area contributed by atoms with E-state index in [1.54, 1.807) is 18.2 Å². The molecular formula is C17H12N6O2S. The Hall–Kier alpha value is -3.56. The Kier molecular flexibility index (Phi) is 4.74. The minimum atomic E-state index is -0.173. The number of carbonyl (C=O) groups is 1. The topological polar surface area (TPSA) is 142 Å². The van der Waals surface area contributed by atoms with Crippen LogP contribution in [-0.4, -0.2) is 16.0 Å². The van der Waals surface area contributed by atoms with Crippen molar-refractivity contribution in [2.24, 2.45) is 0 Å². The molecule has 3 aromatic rings. The zero-order valence-electron chi connectivity index (χ0n) is 13.6. The lowest BCUT2D eigenvalue weighted by Gasteiger charge is -2.05. The van der Waals surface area contributed by atoms with E-state index in [2.05, 4.69) is 15.5 Å². The van der Waals surface area contributed by atoms with Gasteiger partial charge in [-0.3, -0.25) is 4.79 Å². The predicted octanol–water partition coefficient (Wildman–Crippen LogP) is 2.80. The molecule has 0 saturated carbocycles. The lowest BCUT2D eigenvalue weighted by atomic mass is 10.2. The van der Waals surface area contributed by atoms with Crippen LogP contribution in [0.1, 0.15) is 23.7 Å². The van der Waals surface area contributed by atoms with Crippen LogP contribution in [0.15, 0.2) is 33.8 Å². The highest BCUT2D eigenvalue weighted by molar-refractivity contribution is 7.98. The van der Waals surface area contributed by atoms with E-state index in [9.17, 15) is 10.1 Å². The van der Waals surface area contributed by atoms with Gasteiger partial charge in [0.2, 0.25) is 5.91 Å². The molecule has 0 atom stereocenters. The Morgan fingerprint density at radius 1 is 1.31 bits per heavy atom. The summed E-state index contributed by atoms with van der Waals surface area (Å²) in [5.74, 6) is 0.281. The van der Waals surface area contributed by atoms with E-state index in [1.165, 1.54) is 24.8 Å². The summed E-state index contributed by atoms with van der Waals surface area (Å²) in [6.07, 6.45) is 0. The van der Waals surface area contributed by atoms with Crippen molar-refractivity contribution < 1.29 is 9.32 Å². The summed E-state index contributed by atoms with van der Waals surface area (Å²) in [5.41, 5.74) is 8.03. The molecule has 8 nitrogen and oxygen atoms in total. The Balaban J connectivity index is 1.89. The number of amides is 1. The fourth-order valence-corrected chi connectivity index (χ4v) is 3.20. The largest absolute Gasteiger partial charge is 0.383 e. The van der Waals surface area contributed by atoms with E-state index in [1.807, 2.05) is 12.1 Å². The monoisotopic (exact) mass is 364 g/mol. The fourth-order valence-electron chi connectivity index (χ4n) is 2.30. The van der Waals surface area contributed by atoms with E-state index in [0.717, 1.165) is 5.39 Å². The maximum atomic E-state index is 11.2. The van der Waals surface area contributed by atoms with Crippen LogP contribution in [0.3, 0.4) is 0 Å². The van der Waals surface area contributed by atoms with Gasteiger partial charge in [0.05, 0.1) is 11.1 Å². The van der Waals surface area contributed by atoms with Gasteiger partial charge in [-0.2, -0.15) is 10.5 Å². The van der Waals surface area contributed by atoms with Crippen LogP contribution in [0, 0.1) is 22.7 Å². The second kappa shape index (κ2) is 7.13. The van der Waals surface area contributed by atoms with Crippen molar-refractivity contribution in [2.75, 3.05) is 11.1 Å². The third-order valence-electron chi connectivity index (χ3n) is 3.47. The molecule has 1 aromatic carbocycles. The number of fused-ring (bicyclic) bond motifs is 1. The van der Waals surface area contributed by atoms with Gasteiger partial charge >= 0.3 is 0 Å². The number of carbonyl (C=O) groups excluding carboxylic acids is 1. The summed E-state index contributed by atoms with van der Waals surface area (Å²) in [4.78, 5) is 15.3. The lowest BCUT2D eigenvalue weighted by molar-refractivity contribution is -0.114. The number of benzene rings is 1. The third-order valence-corrected chi connectivity index (χ3v) is 4.47. The number of nitrogen functional groups attached to an aromatic ring is 1. The van der Waals surface area contributed by atoms with Crippen LogP contribution in [0.5, 0.6) is 0 Å². The molecule has 1 amide bonds.